The van der Waals surface area contributed by atoms with Gasteiger partial charge in [-0.05, 0) is 42.0 Å². The van der Waals surface area contributed by atoms with E-state index in [-0.39, 0.29) is 18.0 Å². The Morgan fingerprint density at radius 1 is 0.967 bits per heavy atom. The van der Waals surface area contributed by atoms with Crippen molar-refractivity contribution in [3.8, 4) is 11.6 Å². The highest BCUT2D eigenvalue weighted by molar-refractivity contribution is 5.96. The highest BCUT2D eigenvalue weighted by Crippen LogP contribution is 2.20. The largest absolute Gasteiger partial charge is 0.487 e. The van der Waals surface area contributed by atoms with Crippen LogP contribution in [0.4, 0.5) is 13.2 Å². The highest BCUT2D eigenvalue weighted by atomic mass is 19.4. The Morgan fingerprint density at radius 3 is 2.57 bits per heavy atom. The van der Waals surface area contributed by atoms with Crippen molar-refractivity contribution >= 4 is 5.91 Å². The molecule has 0 saturated heterocycles. The average Bonchev–Trinajstić information content (AvgIpc) is 2.75. The van der Waals surface area contributed by atoms with Crippen LogP contribution >= 0.6 is 0 Å². The summed E-state index contributed by atoms with van der Waals surface area (Å²) in [5.41, 5.74) is 1.45. The highest BCUT2D eigenvalue weighted by Gasteiger charge is 2.29. The molecule has 0 aliphatic rings. The Hall–Kier alpha value is -3.62. The number of hydrogen-bond donors (Lipinski definition) is 1. The fraction of sp³-hybridized carbons (Fsp3) is 0.190. The maximum atomic E-state index is 12.4. The fourth-order valence-electron chi connectivity index (χ4n) is 2.49. The van der Waals surface area contributed by atoms with Gasteiger partial charge in [0, 0.05) is 18.9 Å². The van der Waals surface area contributed by atoms with E-state index in [9.17, 15) is 18.0 Å². The second kappa shape index (κ2) is 9.73. The lowest BCUT2D eigenvalue weighted by molar-refractivity contribution is -0.154. The SMILES string of the molecule is O=C(NCc1cccc(OCc2ccccn2)c1)c1cccnc1OCC(F)(F)F. The van der Waals surface area contributed by atoms with Crippen LogP contribution in [0.25, 0.3) is 0 Å². The van der Waals surface area contributed by atoms with Crippen molar-refractivity contribution in [2.45, 2.75) is 19.3 Å². The molecule has 2 aromatic heterocycles. The van der Waals surface area contributed by atoms with Crippen LogP contribution in [0.5, 0.6) is 11.6 Å². The molecule has 0 spiro atoms. The van der Waals surface area contributed by atoms with Gasteiger partial charge in [-0.2, -0.15) is 13.2 Å². The summed E-state index contributed by atoms with van der Waals surface area (Å²) in [4.78, 5) is 20.3. The van der Waals surface area contributed by atoms with Crippen LogP contribution in [0.1, 0.15) is 21.6 Å². The van der Waals surface area contributed by atoms with Crippen molar-refractivity contribution in [1.29, 1.82) is 0 Å². The number of nitrogens with one attached hydrogen (secondary N) is 1. The van der Waals surface area contributed by atoms with Crippen molar-refractivity contribution in [2.24, 2.45) is 0 Å². The molecule has 0 atom stereocenters. The Bertz CT molecular complexity index is 982. The second-order valence-corrected chi connectivity index (χ2v) is 6.20. The smallest absolute Gasteiger partial charge is 0.422 e. The molecule has 2 heterocycles. The zero-order chi connectivity index (χ0) is 21.4. The summed E-state index contributed by atoms with van der Waals surface area (Å²) in [7, 11) is 0. The number of alkyl halides is 3. The molecule has 1 aromatic carbocycles. The fourth-order valence-corrected chi connectivity index (χ4v) is 2.49. The minimum absolute atomic E-state index is 0.0793. The van der Waals surface area contributed by atoms with E-state index in [1.807, 2.05) is 18.2 Å². The van der Waals surface area contributed by atoms with E-state index in [0.717, 1.165) is 11.3 Å². The van der Waals surface area contributed by atoms with Crippen LogP contribution in [0.15, 0.2) is 67.0 Å². The van der Waals surface area contributed by atoms with E-state index in [2.05, 4.69) is 20.0 Å². The van der Waals surface area contributed by atoms with Gasteiger partial charge in [0.25, 0.3) is 5.91 Å². The van der Waals surface area contributed by atoms with Crippen LogP contribution in [0.2, 0.25) is 0 Å². The van der Waals surface area contributed by atoms with Crippen LogP contribution in [-0.2, 0) is 13.2 Å². The molecule has 0 saturated carbocycles. The number of carbonyl (C=O) groups excluding carboxylic acids is 1. The van der Waals surface area contributed by atoms with E-state index in [4.69, 9.17) is 4.74 Å². The Kier molecular flexibility index (Phi) is 6.84. The third-order valence-electron chi connectivity index (χ3n) is 3.85. The molecule has 0 fully saturated rings. The van der Waals surface area contributed by atoms with E-state index in [0.29, 0.717) is 12.4 Å². The molecule has 9 heteroatoms. The Balaban J connectivity index is 1.58. The van der Waals surface area contributed by atoms with Gasteiger partial charge in [-0.15, -0.1) is 0 Å². The number of halogens is 3. The zero-order valence-electron chi connectivity index (χ0n) is 15.7. The lowest BCUT2D eigenvalue weighted by Gasteiger charge is -2.12. The summed E-state index contributed by atoms with van der Waals surface area (Å²) < 4.78 is 47.5. The Labute approximate surface area is 170 Å². The van der Waals surface area contributed by atoms with Gasteiger partial charge >= 0.3 is 6.18 Å². The molecule has 3 aromatic rings. The summed E-state index contributed by atoms with van der Waals surface area (Å²) in [6.45, 7) is -1.08. The van der Waals surface area contributed by atoms with Crippen molar-refractivity contribution in [1.82, 2.24) is 15.3 Å². The van der Waals surface area contributed by atoms with Crippen molar-refractivity contribution in [3.63, 3.8) is 0 Å². The lowest BCUT2D eigenvalue weighted by Crippen LogP contribution is -2.25. The number of rotatable bonds is 8. The molecular formula is C21H18F3N3O3. The molecule has 3 rings (SSSR count). The van der Waals surface area contributed by atoms with Gasteiger partial charge in [-0.3, -0.25) is 9.78 Å². The molecule has 1 amide bonds. The molecule has 0 unspecified atom stereocenters. The topological polar surface area (TPSA) is 73.3 Å². The second-order valence-electron chi connectivity index (χ2n) is 6.20. The first-order valence-corrected chi connectivity index (χ1v) is 8.95. The maximum Gasteiger partial charge on any atom is 0.422 e. The first-order chi connectivity index (χ1) is 14.4. The van der Waals surface area contributed by atoms with Crippen molar-refractivity contribution in [2.75, 3.05) is 6.61 Å². The maximum absolute atomic E-state index is 12.4. The number of amides is 1. The van der Waals surface area contributed by atoms with Gasteiger partial charge in [0.2, 0.25) is 5.88 Å². The zero-order valence-corrected chi connectivity index (χ0v) is 15.7. The number of carbonyl (C=O) groups is 1. The summed E-state index contributed by atoms with van der Waals surface area (Å²) in [5, 5.41) is 2.65. The molecule has 0 aliphatic carbocycles. The van der Waals surface area contributed by atoms with Gasteiger partial charge in [0.05, 0.1) is 5.69 Å². The first kappa shape index (κ1) is 21.1. The number of nitrogens with zero attached hydrogens (tertiary/aromatic N) is 2. The molecule has 0 radical (unpaired) electrons. The predicted molar refractivity (Wildman–Crippen MR) is 102 cm³/mol. The Morgan fingerprint density at radius 2 is 1.80 bits per heavy atom. The molecule has 6 nitrogen and oxygen atoms in total. The molecular weight excluding hydrogens is 399 g/mol. The number of hydrogen-bond acceptors (Lipinski definition) is 5. The van der Waals surface area contributed by atoms with Crippen LogP contribution in [0.3, 0.4) is 0 Å². The minimum atomic E-state index is -4.53. The lowest BCUT2D eigenvalue weighted by atomic mass is 10.2. The van der Waals surface area contributed by atoms with E-state index < -0.39 is 18.7 Å². The molecule has 156 valence electrons. The monoisotopic (exact) mass is 417 g/mol. The van der Waals surface area contributed by atoms with E-state index in [1.165, 1.54) is 18.3 Å². The summed E-state index contributed by atoms with van der Waals surface area (Å²) >= 11 is 0. The minimum Gasteiger partial charge on any atom is -0.487 e. The van der Waals surface area contributed by atoms with E-state index in [1.54, 1.807) is 30.5 Å². The summed E-state index contributed by atoms with van der Waals surface area (Å²) in [6, 6.07) is 15.4. The quantitative estimate of drug-likeness (QED) is 0.601. The molecule has 1 N–H and O–H groups in total. The van der Waals surface area contributed by atoms with Gasteiger partial charge in [0.15, 0.2) is 6.61 Å². The third kappa shape index (κ3) is 6.47. The van der Waals surface area contributed by atoms with Gasteiger partial charge in [-0.1, -0.05) is 18.2 Å². The number of benzene rings is 1. The van der Waals surface area contributed by atoms with Gasteiger partial charge in [0.1, 0.15) is 17.9 Å². The number of ether oxygens (including phenoxy) is 2. The van der Waals surface area contributed by atoms with Crippen LogP contribution in [-0.4, -0.2) is 28.7 Å². The summed E-state index contributed by atoms with van der Waals surface area (Å²) in [6.07, 6.45) is -1.60. The van der Waals surface area contributed by atoms with Gasteiger partial charge in [-0.25, -0.2) is 4.98 Å². The van der Waals surface area contributed by atoms with Crippen LogP contribution < -0.4 is 14.8 Å². The van der Waals surface area contributed by atoms with E-state index >= 15 is 0 Å². The first-order valence-electron chi connectivity index (χ1n) is 8.95. The molecule has 0 bridgehead atoms. The predicted octanol–water partition coefficient (Wildman–Crippen LogP) is 3.93. The molecule has 0 aliphatic heterocycles. The standard InChI is InChI=1S/C21H18F3N3O3/c22-21(23,24)14-30-20-18(8-4-10-26-20)19(28)27-12-15-5-3-7-17(11-15)29-13-16-6-1-2-9-25-16/h1-11H,12-14H2,(H,27,28). The van der Waals surface area contributed by atoms with Crippen LogP contribution in [0, 0.1) is 0 Å². The average molecular weight is 417 g/mol. The number of pyridine rings is 2. The normalized spacial score (nSPS) is 11.0. The molecule has 30 heavy (non-hydrogen) atoms. The summed E-state index contributed by atoms with van der Waals surface area (Å²) in [5.74, 6) is -0.372. The number of aromatic nitrogens is 2. The van der Waals surface area contributed by atoms with Crippen molar-refractivity contribution in [3.05, 3.63) is 83.8 Å². The third-order valence-corrected chi connectivity index (χ3v) is 3.85. The van der Waals surface area contributed by atoms with Crippen molar-refractivity contribution < 1.29 is 27.4 Å². The van der Waals surface area contributed by atoms with Gasteiger partial charge < -0.3 is 14.8 Å².